The first-order chi connectivity index (χ1) is 9.66. The topological polar surface area (TPSA) is 63.1 Å². The van der Waals surface area contributed by atoms with E-state index in [1.54, 1.807) is 36.7 Å². The van der Waals surface area contributed by atoms with Crippen molar-refractivity contribution in [2.75, 3.05) is 0 Å². The molecule has 0 radical (unpaired) electrons. The molecule has 2 heterocycles. The molecule has 2 aromatic heterocycles. The van der Waals surface area contributed by atoms with E-state index in [0.29, 0.717) is 21.6 Å². The smallest absolute Gasteiger partial charge is 0.336 e. The van der Waals surface area contributed by atoms with Gasteiger partial charge in [-0.05, 0) is 30.3 Å². The Morgan fingerprint density at radius 3 is 2.75 bits per heavy atom. The lowest BCUT2D eigenvalue weighted by atomic mass is 10.1. The van der Waals surface area contributed by atoms with Crippen molar-refractivity contribution in [1.29, 1.82) is 0 Å². The summed E-state index contributed by atoms with van der Waals surface area (Å²) in [6.07, 6.45) is 3.30. The summed E-state index contributed by atoms with van der Waals surface area (Å²) < 4.78 is 0. The lowest BCUT2D eigenvalue weighted by molar-refractivity contribution is 0.0699. The molecule has 0 saturated carbocycles. The molecule has 0 aliphatic carbocycles. The van der Waals surface area contributed by atoms with Gasteiger partial charge in [0.2, 0.25) is 0 Å². The number of hydrogen-bond acceptors (Lipinski definition) is 3. The van der Waals surface area contributed by atoms with Gasteiger partial charge in [-0.25, -0.2) is 9.78 Å². The number of pyridine rings is 2. The van der Waals surface area contributed by atoms with Crippen molar-refractivity contribution in [1.82, 2.24) is 9.97 Å². The van der Waals surface area contributed by atoms with E-state index in [0.717, 1.165) is 5.56 Å². The Labute approximate surface area is 119 Å². The lowest BCUT2D eigenvalue weighted by Gasteiger charge is -2.08. The highest BCUT2D eigenvalue weighted by molar-refractivity contribution is 6.36. The Morgan fingerprint density at radius 2 is 2.05 bits per heavy atom. The normalized spacial score (nSPS) is 10.7. The minimum Gasteiger partial charge on any atom is -0.478 e. The standard InChI is InChI=1S/C15H9ClN2O2/c16-11-4-1-5-12-14(11)10(15(19)20)7-13(18-12)9-3-2-6-17-8-9/h1-8H,(H,19,20). The second kappa shape index (κ2) is 4.90. The molecule has 98 valence electrons. The molecule has 0 atom stereocenters. The largest absolute Gasteiger partial charge is 0.478 e. The van der Waals surface area contributed by atoms with Crippen molar-refractivity contribution in [2.24, 2.45) is 0 Å². The van der Waals surface area contributed by atoms with Crippen LogP contribution in [0.3, 0.4) is 0 Å². The van der Waals surface area contributed by atoms with Crippen LogP contribution in [-0.4, -0.2) is 21.0 Å². The van der Waals surface area contributed by atoms with E-state index in [2.05, 4.69) is 9.97 Å². The van der Waals surface area contributed by atoms with Gasteiger partial charge in [0.25, 0.3) is 0 Å². The Morgan fingerprint density at radius 1 is 1.20 bits per heavy atom. The van der Waals surface area contributed by atoms with Crippen LogP contribution in [0.1, 0.15) is 10.4 Å². The summed E-state index contributed by atoms with van der Waals surface area (Å²) in [7, 11) is 0. The second-order valence-corrected chi connectivity index (χ2v) is 4.64. The molecule has 0 spiro atoms. The van der Waals surface area contributed by atoms with Crippen molar-refractivity contribution in [3.05, 3.63) is 59.4 Å². The number of benzene rings is 1. The van der Waals surface area contributed by atoms with Crippen LogP contribution >= 0.6 is 11.6 Å². The monoisotopic (exact) mass is 284 g/mol. The molecule has 3 aromatic rings. The number of carbonyl (C=O) groups is 1. The zero-order chi connectivity index (χ0) is 14.1. The van der Waals surface area contributed by atoms with Gasteiger partial charge in [-0.3, -0.25) is 4.98 Å². The third-order valence-electron chi connectivity index (χ3n) is 2.97. The highest BCUT2D eigenvalue weighted by Crippen LogP contribution is 2.29. The van der Waals surface area contributed by atoms with Crippen molar-refractivity contribution in [2.45, 2.75) is 0 Å². The van der Waals surface area contributed by atoms with Gasteiger partial charge in [0, 0.05) is 23.3 Å². The summed E-state index contributed by atoms with van der Waals surface area (Å²) in [5.41, 5.74) is 2.01. The van der Waals surface area contributed by atoms with Gasteiger partial charge in [-0.2, -0.15) is 0 Å². The quantitative estimate of drug-likeness (QED) is 0.780. The summed E-state index contributed by atoms with van der Waals surface area (Å²) in [4.78, 5) is 19.9. The molecule has 0 unspecified atom stereocenters. The molecule has 1 aromatic carbocycles. The first kappa shape index (κ1) is 12.6. The Balaban J connectivity index is 2.35. The molecule has 0 bridgehead atoms. The van der Waals surface area contributed by atoms with E-state index in [9.17, 15) is 9.90 Å². The van der Waals surface area contributed by atoms with Gasteiger partial charge in [0.05, 0.1) is 21.8 Å². The fraction of sp³-hybridized carbons (Fsp3) is 0. The fourth-order valence-corrected chi connectivity index (χ4v) is 2.35. The van der Waals surface area contributed by atoms with Gasteiger partial charge in [-0.15, -0.1) is 0 Å². The third-order valence-corrected chi connectivity index (χ3v) is 3.29. The van der Waals surface area contributed by atoms with E-state index in [1.807, 2.05) is 6.07 Å². The van der Waals surface area contributed by atoms with Crippen LogP contribution in [0.5, 0.6) is 0 Å². The van der Waals surface area contributed by atoms with Gasteiger partial charge >= 0.3 is 5.97 Å². The maximum absolute atomic E-state index is 11.4. The van der Waals surface area contributed by atoms with Gasteiger partial charge < -0.3 is 5.11 Å². The zero-order valence-electron chi connectivity index (χ0n) is 10.2. The lowest BCUT2D eigenvalue weighted by Crippen LogP contribution is -2.00. The van der Waals surface area contributed by atoms with E-state index in [1.165, 1.54) is 6.07 Å². The number of rotatable bonds is 2. The van der Waals surface area contributed by atoms with Crippen molar-refractivity contribution in [3.63, 3.8) is 0 Å². The SMILES string of the molecule is O=C(O)c1cc(-c2cccnc2)nc2cccc(Cl)c12. The van der Waals surface area contributed by atoms with E-state index < -0.39 is 5.97 Å². The zero-order valence-corrected chi connectivity index (χ0v) is 11.0. The van der Waals surface area contributed by atoms with Crippen LogP contribution < -0.4 is 0 Å². The number of carboxylic acid groups (broad SMARTS) is 1. The number of carboxylic acids is 1. The van der Waals surface area contributed by atoms with Crippen LogP contribution in [0.2, 0.25) is 5.02 Å². The molecule has 0 amide bonds. The molecular weight excluding hydrogens is 276 g/mol. The summed E-state index contributed by atoms with van der Waals surface area (Å²) in [6.45, 7) is 0. The maximum Gasteiger partial charge on any atom is 0.336 e. The first-order valence-electron chi connectivity index (χ1n) is 5.90. The molecule has 0 fully saturated rings. The number of aromatic carboxylic acids is 1. The molecule has 3 rings (SSSR count). The molecule has 0 saturated heterocycles. The van der Waals surface area contributed by atoms with E-state index in [4.69, 9.17) is 11.6 Å². The highest BCUT2D eigenvalue weighted by atomic mass is 35.5. The maximum atomic E-state index is 11.4. The number of aromatic nitrogens is 2. The molecule has 1 N–H and O–H groups in total. The summed E-state index contributed by atoms with van der Waals surface area (Å²) in [5.74, 6) is -1.03. The minimum absolute atomic E-state index is 0.138. The molecule has 5 heteroatoms. The van der Waals surface area contributed by atoms with Crippen LogP contribution in [-0.2, 0) is 0 Å². The Kier molecular flexibility index (Phi) is 3.08. The van der Waals surface area contributed by atoms with Gasteiger partial charge in [0.15, 0.2) is 0 Å². The highest BCUT2D eigenvalue weighted by Gasteiger charge is 2.15. The van der Waals surface area contributed by atoms with Gasteiger partial charge in [-0.1, -0.05) is 17.7 Å². The Bertz CT molecular complexity index is 804. The molecule has 0 aliphatic rings. The number of halogens is 1. The second-order valence-electron chi connectivity index (χ2n) is 4.24. The predicted octanol–water partition coefficient (Wildman–Crippen LogP) is 3.65. The number of nitrogens with zero attached hydrogens (tertiary/aromatic N) is 2. The van der Waals surface area contributed by atoms with E-state index >= 15 is 0 Å². The average molecular weight is 285 g/mol. The fourth-order valence-electron chi connectivity index (χ4n) is 2.07. The molecular formula is C15H9ClN2O2. The third kappa shape index (κ3) is 2.10. The summed E-state index contributed by atoms with van der Waals surface area (Å²) in [6, 6.07) is 10.3. The summed E-state index contributed by atoms with van der Waals surface area (Å²) in [5, 5.41) is 10.2. The number of hydrogen-bond donors (Lipinski definition) is 1. The average Bonchev–Trinajstić information content (AvgIpc) is 2.47. The van der Waals surface area contributed by atoms with Crippen molar-refractivity contribution >= 4 is 28.5 Å². The molecule has 4 nitrogen and oxygen atoms in total. The summed E-state index contributed by atoms with van der Waals surface area (Å²) >= 11 is 6.09. The number of fused-ring (bicyclic) bond motifs is 1. The van der Waals surface area contributed by atoms with Crippen LogP contribution in [0.25, 0.3) is 22.2 Å². The van der Waals surface area contributed by atoms with E-state index in [-0.39, 0.29) is 5.56 Å². The van der Waals surface area contributed by atoms with Crippen LogP contribution in [0.15, 0.2) is 48.8 Å². The minimum atomic E-state index is -1.03. The van der Waals surface area contributed by atoms with Crippen LogP contribution in [0, 0.1) is 0 Å². The van der Waals surface area contributed by atoms with Crippen molar-refractivity contribution < 1.29 is 9.90 Å². The van der Waals surface area contributed by atoms with Gasteiger partial charge in [0.1, 0.15) is 0 Å². The first-order valence-corrected chi connectivity index (χ1v) is 6.27. The molecule has 20 heavy (non-hydrogen) atoms. The Hall–Kier alpha value is -2.46. The predicted molar refractivity (Wildman–Crippen MR) is 76.9 cm³/mol. The van der Waals surface area contributed by atoms with Crippen molar-refractivity contribution in [3.8, 4) is 11.3 Å². The molecule has 0 aliphatic heterocycles. The van der Waals surface area contributed by atoms with Crippen LogP contribution in [0.4, 0.5) is 0 Å².